The third-order valence-corrected chi connectivity index (χ3v) is 4.03. The van der Waals surface area contributed by atoms with Crippen LogP contribution in [0.5, 0.6) is 0 Å². The van der Waals surface area contributed by atoms with Crippen molar-refractivity contribution >= 4 is 17.5 Å². The summed E-state index contributed by atoms with van der Waals surface area (Å²) in [5.74, 6) is -0.0520. The van der Waals surface area contributed by atoms with Gasteiger partial charge >= 0.3 is 0 Å². The number of rotatable bonds is 5. The summed E-state index contributed by atoms with van der Waals surface area (Å²) in [6.45, 7) is 7.55. The van der Waals surface area contributed by atoms with E-state index in [1.807, 2.05) is 19.1 Å². The molecule has 0 saturated carbocycles. The minimum atomic E-state index is -0.0520. The van der Waals surface area contributed by atoms with Crippen molar-refractivity contribution in [2.24, 2.45) is 0 Å². The molecule has 4 nitrogen and oxygen atoms in total. The number of hydrogen-bond acceptors (Lipinski definition) is 2. The zero-order chi connectivity index (χ0) is 14.4. The average Bonchev–Trinajstić information content (AvgIpc) is 2.47. The minimum Gasteiger partial charge on any atom is -0.370 e. The topological polar surface area (TPSA) is 42.8 Å². The van der Waals surface area contributed by atoms with Gasteiger partial charge in [-0.15, -0.1) is 0 Å². The maximum atomic E-state index is 12.0. The average molecular weight is 298 g/mol. The summed E-state index contributed by atoms with van der Waals surface area (Å²) in [6.07, 6.45) is 0.987. The predicted molar refractivity (Wildman–Crippen MR) is 79.5 cm³/mol. The molecule has 2 rings (SSSR count). The molecule has 1 aliphatic heterocycles. The Morgan fingerprint density at radius 3 is 2.85 bits per heavy atom. The maximum absolute atomic E-state index is 12.0. The van der Waals surface area contributed by atoms with Gasteiger partial charge in [-0.2, -0.15) is 0 Å². The maximum Gasteiger partial charge on any atom is 0.251 e. The molecule has 0 atom stereocenters. The van der Waals surface area contributed by atoms with Gasteiger partial charge in [-0.25, -0.2) is 0 Å². The molecule has 0 unspecified atom stereocenters. The number of benzene rings is 1. The van der Waals surface area contributed by atoms with E-state index in [-0.39, 0.29) is 5.91 Å². The zero-order valence-electron chi connectivity index (χ0n) is 11.9. The Morgan fingerprint density at radius 1 is 1.40 bits per heavy atom. The van der Waals surface area contributed by atoms with Crippen LogP contribution in [0, 0.1) is 6.92 Å². The fourth-order valence-electron chi connectivity index (χ4n) is 2.29. The lowest BCUT2D eigenvalue weighted by atomic mass is 10.1. The van der Waals surface area contributed by atoms with E-state index < -0.39 is 0 Å². The number of carbonyl (C=O) groups is 1. The van der Waals surface area contributed by atoms with E-state index in [0.29, 0.717) is 17.1 Å². The molecule has 1 amide bonds. The zero-order valence-corrected chi connectivity index (χ0v) is 12.6. The molecule has 1 aliphatic rings. The van der Waals surface area contributed by atoms with Crippen LogP contribution in [0.1, 0.15) is 22.3 Å². The Labute approximate surface area is 125 Å². The first-order chi connectivity index (χ1) is 9.66. The fourth-order valence-corrected chi connectivity index (χ4v) is 2.47. The van der Waals surface area contributed by atoms with Gasteiger partial charge in [0.25, 0.3) is 5.91 Å². The highest BCUT2D eigenvalue weighted by Crippen LogP contribution is 2.16. The summed E-state index contributed by atoms with van der Waals surface area (Å²) in [5, 5.41) is 3.58. The normalized spacial score (nSPS) is 16.1. The van der Waals surface area contributed by atoms with Crippen LogP contribution in [0.3, 0.4) is 0 Å². The monoisotopic (exact) mass is 297 g/mol. The molecule has 0 spiro atoms. The number of morpholine rings is 1. The largest absolute Gasteiger partial charge is 0.370 e. The third-order valence-electron chi connectivity index (χ3n) is 3.63. The van der Waals surface area contributed by atoms with Crippen LogP contribution in [0.2, 0.25) is 5.02 Å². The van der Waals surface area contributed by atoms with Gasteiger partial charge in [-0.1, -0.05) is 17.7 Å². The summed E-state index contributed by atoms with van der Waals surface area (Å²) < 4.78 is 5.32. The van der Waals surface area contributed by atoms with E-state index in [4.69, 9.17) is 16.3 Å². The second-order valence-corrected chi connectivity index (χ2v) is 5.59. The Kier molecular flexibility index (Phi) is 5.83. The highest BCUT2D eigenvalue weighted by Gasteiger charge is 2.13. The summed E-state index contributed by atoms with van der Waals surface area (Å²) in [4.78, 5) is 13.5. The van der Waals surface area contributed by atoms with Gasteiger partial charge in [0.2, 0.25) is 0 Å². The molecule has 110 valence electrons. The van der Waals surface area contributed by atoms with Crippen LogP contribution in [-0.2, 0) is 4.74 Å². The van der Waals surface area contributed by atoms with Gasteiger partial charge in [0.1, 0.15) is 13.1 Å². The molecule has 1 fully saturated rings. The van der Waals surface area contributed by atoms with Gasteiger partial charge in [-0.05, 0) is 24.6 Å². The summed E-state index contributed by atoms with van der Waals surface area (Å²) in [5.41, 5.74) is 1.61. The first-order valence-corrected chi connectivity index (χ1v) is 7.50. The molecule has 1 aromatic carbocycles. The van der Waals surface area contributed by atoms with Crippen molar-refractivity contribution in [2.45, 2.75) is 13.3 Å². The number of halogens is 1. The molecule has 5 heteroatoms. The number of carbonyl (C=O) groups excluding carboxylic acids is 1. The highest BCUT2D eigenvalue weighted by molar-refractivity contribution is 6.31. The van der Waals surface area contributed by atoms with Gasteiger partial charge in [0.15, 0.2) is 0 Å². The van der Waals surface area contributed by atoms with E-state index >= 15 is 0 Å². The number of amides is 1. The van der Waals surface area contributed by atoms with Crippen molar-refractivity contribution in [3.63, 3.8) is 0 Å². The Morgan fingerprint density at radius 2 is 2.15 bits per heavy atom. The van der Waals surface area contributed by atoms with Gasteiger partial charge < -0.3 is 15.0 Å². The summed E-state index contributed by atoms with van der Waals surface area (Å²) >= 11 is 6.03. The number of ether oxygens (including phenoxy) is 1. The molecule has 1 aromatic rings. The first-order valence-electron chi connectivity index (χ1n) is 7.12. The SMILES string of the molecule is Cc1ccc(C(=O)NCCC[NH+]2CCOCC2)cc1Cl. The van der Waals surface area contributed by atoms with Crippen molar-refractivity contribution < 1.29 is 14.4 Å². The molecule has 20 heavy (non-hydrogen) atoms. The van der Waals surface area contributed by atoms with E-state index in [9.17, 15) is 4.79 Å². The number of hydrogen-bond donors (Lipinski definition) is 2. The van der Waals surface area contributed by atoms with Crippen molar-refractivity contribution in [2.75, 3.05) is 39.4 Å². The summed E-state index contributed by atoms with van der Waals surface area (Å²) in [7, 11) is 0. The standard InChI is InChI=1S/C15H21ClN2O2/c1-12-3-4-13(11-14(12)16)15(19)17-5-2-6-18-7-9-20-10-8-18/h3-4,11H,2,5-10H2,1H3,(H,17,19)/p+1. The third kappa shape index (κ3) is 4.47. The highest BCUT2D eigenvalue weighted by atomic mass is 35.5. The fraction of sp³-hybridized carbons (Fsp3) is 0.533. The van der Waals surface area contributed by atoms with Gasteiger partial charge in [0, 0.05) is 23.6 Å². The van der Waals surface area contributed by atoms with Gasteiger partial charge in [0.05, 0.1) is 19.8 Å². The Balaban J connectivity index is 1.70. The molecule has 0 radical (unpaired) electrons. The van der Waals surface area contributed by atoms with Crippen LogP contribution in [0.15, 0.2) is 18.2 Å². The van der Waals surface area contributed by atoms with E-state index in [0.717, 1.165) is 44.8 Å². The van der Waals surface area contributed by atoms with Crippen LogP contribution >= 0.6 is 11.6 Å². The molecule has 1 saturated heterocycles. The van der Waals surface area contributed by atoms with Crippen LogP contribution in [-0.4, -0.2) is 45.3 Å². The minimum absolute atomic E-state index is 0.0520. The molecule has 0 bridgehead atoms. The van der Waals surface area contributed by atoms with Crippen molar-refractivity contribution in [1.29, 1.82) is 0 Å². The quantitative estimate of drug-likeness (QED) is 0.785. The van der Waals surface area contributed by atoms with E-state index in [1.54, 1.807) is 11.0 Å². The van der Waals surface area contributed by atoms with Crippen molar-refractivity contribution in [3.8, 4) is 0 Å². The van der Waals surface area contributed by atoms with Crippen LogP contribution < -0.4 is 10.2 Å². The van der Waals surface area contributed by atoms with Crippen LogP contribution in [0.4, 0.5) is 0 Å². The Bertz CT molecular complexity index is 459. The lowest BCUT2D eigenvalue weighted by molar-refractivity contribution is -0.908. The molecule has 0 aromatic heterocycles. The van der Waals surface area contributed by atoms with Crippen LogP contribution in [0.25, 0.3) is 0 Å². The number of quaternary nitrogens is 1. The van der Waals surface area contributed by atoms with E-state index in [2.05, 4.69) is 5.32 Å². The molecular formula is C15H22ClN2O2+. The molecule has 1 heterocycles. The number of aryl methyl sites for hydroxylation is 1. The number of nitrogens with one attached hydrogen (secondary N) is 2. The second kappa shape index (κ2) is 7.62. The Hall–Kier alpha value is -1.10. The van der Waals surface area contributed by atoms with Crippen molar-refractivity contribution in [1.82, 2.24) is 5.32 Å². The first kappa shape index (κ1) is 15.3. The smallest absolute Gasteiger partial charge is 0.251 e. The lowest BCUT2D eigenvalue weighted by Crippen LogP contribution is -3.14. The molecular weight excluding hydrogens is 276 g/mol. The lowest BCUT2D eigenvalue weighted by Gasteiger charge is -2.23. The summed E-state index contributed by atoms with van der Waals surface area (Å²) in [6, 6.07) is 5.40. The van der Waals surface area contributed by atoms with Gasteiger partial charge in [-0.3, -0.25) is 4.79 Å². The second-order valence-electron chi connectivity index (χ2n) is 5.19. The molecule has 2 N–H and O–H groups in total. The predicted octanol–water partition coefficient (Wildman–Crippen LogP) is 0.683. The van der Waals surface area contributed by atoms with Crippen molar-refractivity contribution in [3.05, 3.63) is 34.3 Å². The molecule has 0 aliphatic carbocycles. The van der Waals surface area contributed by atoms with E-state index in [1.165, 1.54) is 0 Å².